The average Bonchev–Trinajstić information content (AvgIpc) is 2.96. The zero-order valence-electron chi connectivity index (χ0n) is 11.9. The number of hydrazine groups is 1. The van der Waals surface area contributed by atoms with Crippen LogP contribution >= 0.6 is 0 Å². The fourth-order valence-electron chi connectivity index (χ4n) is 2.60. The summed E-state index contributed by atoms with van der Waals surface area (Å²) in [7, 11) is 0. The second-order valence-corrected chi connectivity index (χ2v) is 5.56. The number of hydrogen-bond donors (Lipinski definition) is 2. The highest BCUT2D eigenvalue weighted by molar-refractivity contribution is 5.95. The van der Waals surface area contributed by atoms with Gasteiger partial charge in [-0.3, -0.25) is 20.4 Å². The van der Waals surface area contributed by atoms with Gasteiger partial charge in [0.1, 0.15) is 0 Å². The summed E-state index contributed by atoms with van der Waals surface area (Å²) >= 11 is 0. The summed E-state index contributed by atoms with van der Waals surface area (Å²) in [6, 6.07) is 7.23. The first-order valence-electron chi connectivity index (χ1n) is 7.31. The highest BCUT2D eigenvalue weighted by Crippen LogP contribution is 2.28. The van der Waals surface area contributed by atoms with Gasteiger partial charge in [-0.1, -0.05) is 43.4 Å². The maximum absolute atomic E-state index is 11.8. The van der Waals surface area contributed by atoms with Crippen LogP contribution in [0.5, 0.6) is 0 Å². The van der Waals surface area contributed by atoms with Crippen molar-refractivity contribution in [2.45, 2.75) is 45.4 Å². The molecule has 2 rings (SSSR count). The first kappa shape index (κ1) is 14.6. The fraction of sp³-hybridized carbons (Fsp3) is 0.500. The molecule has 0 atom stereocenters. The standard InChI is InChI=1S/C16H22N2O2/c1-12-6-9-14(10-7-12)16(20)18-17-15(19)11-8-13-4-2-3-5-13/h6-7,9-10,13H,2-5,8,11H2,1H3,(H,17,19)(H,18,20). The van der Waals surface area contributed by atoms with E-state index in [0.717, 1.165) is 12.0 Å². The van der Waals surface area contributed by atoms with Gasteiger partial charge < -0.3 is 0 Å². The lowest BCUT2D eigenvalue weighted by atomic mass is 10.0. The molecule has 1 aromatic carbocycles. The average molecular weight is 274 g/mol. The number of nitrogens with one attached hydrogen (secondary N) is 2. The molecule has 1 aliphatic rings. The quantitative estimate of drug-likeness (QED) is 0.829. The van der Waals surface area contributed by atoms with E-state index in [-0.39, 0.29) is 11.8 Å². The molecule has 0 aromatic heterocycles. The van der Waals surface area contributed by atoms with E-state index >= 15 is 0 Å². The Morgan fingerprint density at radius 1 is 1.10 bits per heavy atom. The molecule has 0 radical (unpaired) electrons. The molecule has 0 spiro atoms. The number of aryl methyl sites for hydroxylation is 1. The number of hydrogen-bond acceptors (Lipinski definition) is 2. The van der Waals surface area contributed by atoms with Crippen molar-refractivity contribution in [3.05, 3.63) is 35.4 Å². The fourth-order valence-corrected chi connectivity index (χ4v) is 2.60. The molecule has 20 heavy (non-hydrogen) atoms. The van der Waals surface area contributed by atoms with Crippen LogP contribution in [0.4, 0.5) is 0 Å². The molecule has 1 saturated carbocycles. The highest BCUT2D eigenvalue weighted by atomic mass is 16.2. The van der Waals surface area contributed by atoms with E-state index in [1.807, 2.05) is 19.1 Å². The highest BCUT2D eigenvalue weighted by Gasteiger charge is 2.16. The van der Waals surface area contributed by atoms with Crippen molar-refractivity contribution in [1.29, 1.82) is 0 Å². The number of carbonyl (C=O) groups excluding carboxylic acids is 2. The molecular weight excluding hydrogens is 252 g/mol. The first-order chi connectivity index (χ1) is 9.65. The van der Waals surface area contributed by atoms with Crippen LogP contribution in [0, 0.1) is 12.8 Å². The summed E-state index contributed by atoms with van der Waals surface area (Å²) in [4.78, 5) is 23.5. The first-order valence-corrected chi connectivity index (χ1v) is 7.31. The second kappa shape index (κ2) is 7.08. The van der Waals surface area contributed by atoms with Gasteiger partial charge in [0, 0.05) is 12.0 Å². The van der Waals surface area contributed by atoms with Gasteiger partial charge in [0.2, 0.25) is 5.91 Å². The SMILES string of the molecule is Cc1ccc(C(=O)NNC(=O)CCC2CCCC2)cc1. The van der Waals surface area contributed by atoms with Gasteiger partial charge in [-0.05, 0) is 31.4 Å². The molecule has 1 fully saturated rings. The smallest absolute Gasteiger partial charge is 0.269 e. The van der Waals surface area contributed by atoms with E-state index in [9.17, 15) is 9.59 Å². The van der Waals surface area contributed by atoms with Crippen LogP contribution < -0.4 is 10.9 Å². The molecule has 2 N–H and O–H groups in total. The van der Waals surface area contributed by atoms with E-state index < -0.39 is 0 Å². The predicted molar refractivity (Wildman–Crippen MR) is 78.0 cm³/mol. The van der Waals surface area contributed by atoms with Gasteiger partial charge in [0.15, 0.2) is 0 Å². The van der Waals surface area contributed by atoms with Crippen LogP contribution in [0.1, 0.15) is 54.4 Å². The van der Waals surface area contributed by atoms with Crippen LogP contribution in [0.2, 0.25) is 0 Å². The van der Waals surface area contributed by atoms with Crippen molar-refractivity contribution < 1.29 is 9.59 Å². The maximum Gasteiger partial charge on any atom is 0.269 e. The lowest BCUT2D eigenvalue weighted by Crippen LogP contribution is -2.41. The molecule has 4 heteroatoms. The number of carbonyl (C=O) groups is 2. The molecule has 1 aromatic rings. The van der Waals surface area contributed by atoms with Gasteiger partial charge in [-0.15, -0.1) is 0 Å². The lowest BCUT2D eigenvalue weighted by Gasteiger charge is -2.10. The van der Waals surface area contributed by atoms with Crippen molar-refractivity contribution in [1.82, 2.24) is 10.9 Å². The van der Waals surface area contributed by atoms with E-state index in [0.29, 0.717) is 17.9 Å². The van der Waals surface area contributed by atoms with E-state index in [1.54, 1.807) is 12.1 Å². The Morgan fingerprint density at radius 2 is 1.75 bits per heavy atom. The Kier molecular flexibility index (Phi) is 5.16. The van der Waals surface area contributed by atoms with E-state index in [2.05, 4.69) is 10.9 Å². The largest absolute Gasteiger partial charge is 0.273 e. The monoisotopic (exact) mass is 274 g/mol. The van der Waals surface area contributed by atoms with Gasteiger partial charge in [0.05, 0.1) is 0 Å². The number of rotatable bonds is 4. The zero-order chi connectivity index (χ0) is 14.4. The van der Waals surface area contributed by atoms with Crippen molar-refractivity contribution >= 4 is 11.8 Å². The minimum atomic E-state index is -0.279. The van der Waals surface area contributed by atoms with Crippen molar-refractivity contribution in [3.8, 4) is 0 Å². The molecule has 1 aliphatic carbocycles. The summed E-state index contributed by atoms with van der Waals surface area (Å²) in [5.41, 5.74) is 6.58. The molecule has 0 heterocycles. The van der Waals surface area contributed by atoms with Crippen LogP contribution in [0.15, 0.2) is 24.3 Å². The molecule has 0 unspecified atom stereocenters. The van der Waals surface area contributed by atoms with Crippen molar-refractivity contribution in [3.63, 3.8) is 0 Å². The Hall–Kier alpha value is -1.84. The second-order valence-electron chi connectivity index (χ2n) is 5.56. The third-order valence-corrected chi connectivity index (χ3v) is 3.88. The van der Waals surface area contributed by atoms with Gasteiger partial charge >= 0.3 is 0 Å². The Labute approximate surface area is 119 Å². The van der Waals surface area contributed by atoms with E-state index in [1.165, 1.54) is 25.7 Å². The van der Waals surface area contributed by atoms with Crippen LogP contribution in [0.25, 0.3) is 0 Å². The Morgan fingerprint density at radius 3 is 2.40 bits per heavy atom. The molecule has 4 nitrogen and oxygen atoms in total. The minimum Gasteiger partial charge on any atom is -0.273 e. The van der Waals surface area contributed by atoms with Crippen molar-refractivity contribution in [2.24, 2.45) is 5.92 Å². The number of amides is 2. The summed E-state index contributed by atoms with van der Waals surface area (Å²) in [5.74, 6) is 0.296. The lowest BCUT2D eigenvalue weighted by molar-refractivity contribution is -0.122. The minimum absolute atomic E-state index is 0.114. The summed E-state index contributed by atoms with van der Waals surface area (Å²) in [5, 5.41) is 0. The molecular formula is C16H22N2O2. The maximum atomic E-state index is 11.8. The molecule has 0 aliphatic heterocycles. The Balaban J connectivity index is 1.69. The molecule has 0 bridgehead atoms. The number of benzene rings is 1. The van der Waals surface area contributed by atoms with Gasteiger partial charge in [-0.25, -0.2) is 0 Å². The van der Waals surface area contributed by atoms with Crippen LogP contribution in [0.3, 0.4) is 0 Å². The van der Waals surface area contributed by atoms with Crippen molar-refractivity contribution in [2.75, 3.05) is 0 Å². The third kappa shape index (κ3) is 4.37. The van der Waals surface area contributed by atoms with Gasteiger partial charge in [-0.2, -0.15) is 0 Å². The normalized spacial score (nSPS) is 15.1. The van der Waals surface area contributed by atoms with Gasteiger partial charge in [0.25, 0.3) is 5.91 Å². The van der Waals surface area contributed by atoms with E-state index in [4.69, 9.17) is 0 Å². The van der Waals surface area contributed by atoms with Crippen LogP contribution in [-0.4, -0.2) is 11.8 Å². The Bertz CT molecular complexity index is 462. The predicted octanol–water partition coefficient (Wildman–Crippen LogP) is 2.73. The molecule has 2 amide bonds. The topological polar surface area (TPSA) is 58.2 Å². The molecule has 0 saturated heterocycles. The van der Waals surface area contributed by atoms with Crippen LogP contribution in [-0.2, 0) is 4.79 Å². The summed E-state index contributed by atoms with van der Waals surface area (Å²) in [6.07, 6.45) is 6.46. The summed E-state index contributed by atoms with van der Waals surface area (Å²) in [6.45, 7) is 1.96. The molecule has 108 valence electrons. The summed E-state index contributed by atoms with van der Waals surface area (Å²) < 4.78 is 0. The third-order valence-electron chi connectivity index (χ3n) is 3.88. The zero-order valence-corrected chi connectivity index (χ0v) is 11.9.